The Balaban J connectivity index is 1.58. The van der Waals surface area contributed by atoms with Crippen LogP contribution in [0, 0.1) is 31.6 Å². The minimum atomic E-state index is -0.786. The molecule has 1 aromatic rings. The highest BCUT2D eigenvalue weighted by Gasteiger charge is 2.66. The molecule has 9 nitrogen and oxygen atoms in total. The highest BCUT2D eigenvalue weighted by molar-refractivity contribution is 5.91. The van der Waals surface area contributed by atoms with E-state index in [0.717, 1.165) is 43.9 Å². The van der Waals surface area contributed by atoms with Crippen LogP contribution in [0.1, 0.15) is 55.8 Å². The predicted octanol–water partition coefficient (Wildman–Crippen LogP) is 3.79. The number of esters is 1. The molecule has 150 valence electrons. The van der Waals surface area contributed by atoms with E-state index in [9.17, 15) is 25.0 Å². The van der Waals surface area contributed by atoms with E-state index in [-0.39, 0.29) is 11.0 Å². The average molecular weight is 390 g/mol. The number of nitrogens with zero attached hydrogens (tertiary/aromatic N) is 2. The summed E-state index contributed by atoms with van der Waals surface area (Å²) in [6, 6.07) is 2.86. The third-order valence-electron chi connectivity index (χ3n) is 6.73. The van der Waals surface area contributed by atoms with E-state index in [0.29, 0.717) is 18.9 Å². The van der Waals surface area contributed by atoms with Crippen molar-refractivity contribution in [2.75, 3.05) is 6.61 Å². The molecule has 3 fully saturated rings. The van der Waals surface area contributed by atoms with Gasteiger partial charge in [-0.1, -0.05) is 19.8 Å². The number of epoxide rings is 1. The van der Waals surface area contributed by atoms with Crippen LogP contribution in [0.5, 0.6) is 0 Å². The first kappa shape index (κ1) is 18.8. The maximum absolute atomic E-state index is 12.7. The highest BCUT2D eigenvalue weighted by Crippen LogP contribution is 2.60. The largest absolute Gasteiger partial charge is 0.456 e. The lowest BCUT2D eigenvalue weighted by atomic mass is 9.56. The number of hydrogen-bond acceptors (Lipinski definition) is 7. The molecule has 0 radical (unpaired) electrons. The molecule has 9 heteroatoms. The van der Waals surface area contributed by atoms with Gasteiger partial charge in [-0.25, -0.2) is 4.79 Å². The zero-order valence-electron chi connectivity index (χ0n) is 15.6. The molecule has 4 atom stereocenters. The van der Waals surface area contributed by atoms with Gasteiger partial charge in [0, 0.05) is 12.1 Å². The van der Waals surface area contributed by atoms with Gasteiger partial charge in [0.1, 0.15) is 11.7 Å². The Labute approximate surface area is 161 Å². The number of rotatable bonds is 4. The summed E-state index contributed by atoms with van der Waals surface area (Å²) in [4.78, 5) is 33.3. The van der Waals surface area contributed by atoms with Gasteiger partial charge in [-0.3, -0.25) is 20.2 Å². The van der Waals surface area contributed by atoms with E-state index in [2.05, 4.69) is 6.92 Å². The summed E-state index contributed by atoms with van der Waals surface area (Å²) in [7, 11) is 0. The molecule has 0 amide bonds. The van der Waals surface area contributed by atoms with Crippen molar-refractivity contribution in [1.29, 1.82) is 0 Å². The molecule has 1 saturated heterocycles. The molecule has 28 heavy (non-hydrogen) atoms. The fourth-order valence-corrected chi connectivity index (χ4v) is 5.21. The second kappa shape index (κ2) is 6.51. The molecule has 1 spiro atoms. The number of nitro groups is 2. The zero-order chi connectivity index (χ0) is 20.1. The second-order valence-corrected chi connectivity index (χ2v) is 8.38. The van der Waals surface area contributed by atoms with Crippen LogP contribution < -0.4 is 0 Å². The third-order valence-corrected chi connectivity index (χ3v) is 6.73. The van der Waals surface area contributed by atoms with Crippen LogP contribution in [0.25, 0.3) is 0 Å². The van der Waals surface area contributed by atoms with Gasteiger partial charge >= 0.3 is 5.97 Å². The topological polar surface area (TPSA) is 125 Å². The van der Waals surface area contributed by atoms with Crippen LogP contribution >= 0.6 is 0 Å². The fourth-order valence-electron chi connectivity index (χ4n) is 5.21. The molecule has 0 aromatic heterocycles. The third kappa shape index (κ3) is 3.03. The molecule has 0 N–H and O–H groups in total. The number of hydrogen-bond donors (Lipinski definition) is 0. The van der Waals surface area contributed by atoms with E-state index in [1.54, 1.807) is 0 Å². The summed E-state index contributed by atoms with van der Waals surface area (Å²) < 4.78 is 11.6. The number of fused-ring (bicyclic) bond motifs is 2. The minimum absolute atomic E-state index is 0.183. The van der Waals surface area contributed by atoms with E-state index in [1.165, 1.54) is 6.42 Å². The molecule has 2 aliphatic carbocycles. The van der Waals surface area contributed by atoms with Crippen molar-refractivity contribution in [2.24, 2.45) is 11.3 Å². The van der Waals surface area contributed by atoms with Gasteiger partial charge in [0.15, 0.2) is 0 Å². The second-order valence-electron chi connectivity index (χ2n) is 8.38. The standard InChI is InChI=1S/C19H22N2O7/c1-18-6-3-2-4-15(18)19(11-27-19)16(5-7-18)28-17(22)12-8-13(20(23)24)10-14(9-12)21(25)26/h8-10,15-16H,2-7,11H2,1H3/t15-,16-,18+,19-/m0/s1. The average Bonchev–Trinajstić information content (AvgIpc) is 3.45. The van der Waals surface area contributed by atoms with Crippen molar-refractivity contribution in [3.8, 4) is 0 Å². The number of ether oxygens (including phenoxy) is 2. The zero-order valence-corrected chi connectivity index (χ0v) is 15.6. The molecule has 1 heterocycles. The Morgan fingerprint density at radius 1 is 1.11 bits per heavy atom. The van der Waals surface area contributed by atoms with Crippen molar-refractivity contribution in [3.05, 3.63) is 44.0 Å². The van der Waals surface area contributed by atoms with E-state index < -0.39 is 38.9 Å². The summed E-state index contributed by atoms with van der Waals surface area (Å²) in [5.41, 5.74) is -1.50. The summed E-state index contributed by atoms with van der Waals surface area (Å²) in [6.45, 7) is 2.82. The predicted molar refractivity (Wildman–Crippen MR) is 96.9 cm³/mol. The van der Waals surface area contributed by atoms with E-state index in [1.807, 2.05) is 0 Å². The van der Waals surface area contributed by atoms with E-state index >= 15 is 0 Å². The van der Waals surface area contributed by atoms with Crippen LogP contribution in [0.15, 0.2) is 18.2 Å². The first-order valence-electron chi connectivity index (χ1n) is 9.54. The molecule has 1 aliphatic heterocycles. The normalized spacial score (nSPS) is 33.8. The monoisotopic (exact) mass is 390 g/mol. The maximum atomic E-state index is 12.7. The molecule has 2 saturated carbocycles. The molecule has 0 unspecified atom stereocenters. The van der Waals surface area contributed by atoms with Crippen LogP contribution in [-0.2, 0) is 9.47 Å². The number of benzene rings is 1. The van der Waals surface area contributed by atoms with Crippen molar-refractivity contribution in [2.45, 2.75) is 57.2 Å². The molecule has 1 aromatic carbocycles. The minimum Gasteiger partial charge on any atom is -0.456 e. The Morgan fingerprint density at radius 3 is 2.32 bits per heavy atom. The first-order valence-corrected chi connectivity index (χ1v) is 9.54. The van der Waals surface area contributed by atoms with Crippen LogP contribution in [0.3, 0.4) is 0 Å². The van der Waals surface area contributed by atoms with Gasteiger partial charge in [-0.2, -0.15) is 0 Å². The van der Waals surface area contributed by atoms with Crippen molar-refractivity contribution in [3.63, 3.8) is 0 Å². The molecular formula is C19H22N2O7. The fraction of sp³-hybridized carbons (Fsp3) is 0.632. The highest BCUT2D eigenvalue weighted by atomic mass is 16.6. The van der Waals surface area contributed by atoms with Crippen LogP contribution in [0.2, 0.25) is 0 Å². The summed E-state index contributed by atoms with van der Waals surface area (Å²) >= 11 is 0. The summed E-state index contributed by atoms with van der Waals surface area (Å²) in [5, 5.41) is 22.1. The summed E-state index contributed by atoms with van der Waals surface area (Å²) in [5.74, 6) is -0.467. The molecule has 4 rings (SSSR count). The van der Waals surface area contributed by atoms with Gasteiger partial charge < -0.3 is 9.47 Å². The van der Waals surface area contributed by atoms with Crippen LogP contribution in [0.4, 0.5) is 11.4 Å². The number of nitro benzene ring substituents is 2. The lowest BCUT2D eigenvalue weighted by molar-refractivity contribution is -0.394. The lowest BCUT2D eigenvalue weighted by Gasteiger charge is -2.50. The number of carbonyl (C=O) groups is 1. The van der Waals surface area contributed by atoms with Gasteiger partial charge in [0.05, 0.1) is 28.1 Å². The number of carbonyl (C=O) groups excluding carboxylic acids is 1. The van der Waals surface area contributed by atoms with Gasteiger partial charge in [-0.05, 0) is 37.0 Å². The maximum Gasteiger partial charge on any atom is 0.339 e. The Kier molecular flexibility index (Phi) is 4.37. The Morgan fingerprint density at radius 2 is 1.75 bits per heavy atom. The van der Waals surface area contributed by atoms with Crippen LogP contribution in [-0.4, -0.2) is 34.1 Å². The molecule has 0 bridgehead atoms. The van der Waals surface area contributed by atoms with Crippen molar-refractivity contribution < 1.29 is 24.1 Å². The summed E-state index contributed by atoms with van der Waals surface area (Å²) in [6.07, 6.45) is 5.65. The molecule has 3 aliphatic rings. The van der Waals surface area contributed by atoms with E-state index in [4.69, 9.17) is 9.47 Å². The van der Waals surface area contributed by atoms with Gasteiger partial charge in [-0.15, -0.1) is 0 Å². The Hall–Kier alpha value is -2.55. The first-order chi connectivity index (χ1) is 13.2. The number of non-ortho nitro benzene ring substituents is 2. The van der Waals surface area contributed by atoms with Crippen molar-refractivity contribution in [1.82, 2.24) is 0 Å². The SMILES string of the molecule is C[C@]12CCCC[C@@H]1[C@@]1(CO1)[C@@H](OC(=O)c1cc([N+](=O)[O-])cc([N+](=O)[O-])c1)CC2. The quantitative estimate of drug-likeness (QED) is 0.331. The smallest absolute Gasteiger partial charge is 0.339 e. The van der Waals surface area contributed by atoms with Gasteiger partial charge in [0.2, 0.25) is 0 Å². The lowest BCUT2D eigenvalue weighted by Crippen LogP contribution is -2.53. The van der Waals surface area contributed by atoms with Crippen molar-refractivity contribution >= 4 is 17.3 Å². The van der Waals surface area contributed by atoms with Gasteiger partial charge in [0.25, 0.3) is 11.4 Å². The molecular weight excluding hydrogens is 368 g/mol. The Bertz CT molecular complexity index is 818.